The van der Waals surface area contributed by atoms with Crippen molar-refractivity contribution in [3.8, 4) is 0 Å². The van der Waals surface area contributed by atoms with Crippen LogP contribution in [0.15, 0.2) is 28.7 Å². The Morgan fingerprint density at radius 2 is 2.12 bits per heavy atom. The molecule has 1 aromatic heterocycles. The van der Waals surface area contributed by atoms with Gasteiger partial charge in [0.1, 0.15) is 5.52 Å². The van der Waals surface area contributed by atoms with Gasteiger partial charge in [-0.2, -0.15) is 4.98 Å². The van der Waals surface area contributed by atoms with Crippen LogP contribution in [0, 0.1) is 5.41 Å². The molecule has 3 N–H and O–H groups in total. The van der Waals surface area contributed by atoms with Crippen LogP contribution < -0.4 is 11.1 Å². The first-order valence-corrected chi connectivity index (χ1v) is 5.40. The normalized spacial score (nSPS) is 11.9. The topological polar surface area (TPSA) is 64.1 Å². The maximum absolute atomic E-state index is 5.65. The molecule has 0 atom stereocenters. The number of hydrogen-bond acceptors (Lipinski definition) is 4. The van der Waals surface area contributed by atoms with E-state index in [1.54, 1.807) is 0 Å². The lowest BCUT2D eigenvalue weighted by molar-refractivity contribution is 0.400. The highest BCUT2D eigenvalue weighted by atomic mass is 16.4. The van der Waals surface area contributed by atoms with E-state index in [2.05, 4.69) is 24.1 Å². The van der Waals surface area contributed by atoms with Crippen molar-refractivity contribution in [2.75, 3.05) is 18.4 Å². The predicted octanol–water partition coefficient (Wildman–Crippen LogP) is 2.22. The first-order valence-electron chi connectivity index (χ1n) is 5.40. The molecule has 0 saturated heterocycles. The van der Waals surface area contributed by atoms with Gasteiger partial charge < -0.3 is 15.5 Å². The van der Waals surface area contributed by atoms with Crippen molar-refractivity contribution >= 4 is 17.1 Å². The molecule has 0 fully saturated rings. The molecule has 0 radical (unpaired) electrons. The summed E-state index contributed by atoms with van der Waals surface area (Å²) in [5, 5.41) is 3.17. The fraction of sp³-hybridized carbons (Fsp3) is 0.417. The third-order valence-electron chi connectivity index (χ3n) is 2.56. The first-order chi connectivity index (χ1) is 7.61. The molecule has 2 rings (SSSR count). The summed E-state index contributed by atoms with van der Waals surface area (Å²) >= 11 is 0. The van der Waals surface area contributed by atoms with Gasteiger partial charge in [0.15, 0.2) is 5.58 Å². The van der Waals surface area contributed by atoms with E-state index in [-0.39, 0.29) is 5.41 Å². The van der Waals surface area contributed by atoms with Crippen molar-refractivity contribution in [1.29, 1.82) is 0 Å². The zero-order chi connectivity index (χ0) is 11.6. The Kier molecular flexibility index (Phi) is 2.83. The minimum Gasteiger partial charge on any atom is -0.424 e. The van der Waals surface area contributed by atoms with E-state index in [4.69, 9.17) is 10.2 Å². The van der Waals surface area contributed by atoms with Crippen LogP contribution in [0.2, 0.25) is 0 Å². The van der Waals surface area contributed by atoms with Crippen LogP contribution in [0.4, 0.5) is 6.01 Å². The van der Waals surface area contributed by atoms with Gasteiger partial charge in [-0.1, -0.05) is 26.0 Å². The summed E-state index contributed by atoms with van der Waals surface area (Å²) in [6.45, 7) is 5.57. The van der Waals surface area contributed by atoms with Crippen molar-refractivity contribution in [3.05, 3.63) is 24.3 Å². The minimum absolute atomic E-state index is 0.0423. The zero-order valence-corrected chi connectivity index (χ0v) is 9.66. The van der Waals surface area contributed by atoms with Crippen molar-refractivity contribution in [1.82, 2.24) is 4.98 Å². The Morgan fingerprint density at radius 1 is 1.38 bits per heavy atom. The molecule has 1 aromatic carbocycles. The number of rotatable bonds is 4. The number of nitrogens with two attached hydrogens (primary N) is 1. The molecular formula is C12H17N3O. The Labute approximate surface area is 94.8 Å². The van der Waals surface area contributed by atoms with Crippen molar-refractivity contribution in [2.45, 2.75) is 13.8 Å². The summed E-state index contributed by atoms with van der Waals surface area (Å²) in [4.78, 5) is 4.33. The highest BCUT2D eigenvalue weighted by Gasteiger charge is 2.16. The van der Waals surface area contributed by atoms with Crippen LogP contribution in [-0.2, 0) is 0 Å². The van der Waals surface area contributed by atoms with Gasteiger partial charge in [-0.15, -0.1) is 0 Å². The number of fused-ring (bicyclic) bond motifs is 1. The Morgan fingerprint density at radius 3 is 2.81 bits per heavy atom. The van der Waals surface area contributed by atoms with Crippen molar-refractivity contribution in [2.24, 2.45) is 11.1 Å². The largest absolute Gasteiger partial charge is 0.424 e. The van der Waals surface area contributed by atoms with E-state index in [1.807, 2.05) is 24.3 Å². The van der Waals surface area contributed by atoms with Crippen LogP contribution in [0.5, 0.6) is 0 Å². The molecule has 0 aliphatic rings. The van der Waals surface area contributed by atoms with Crippen molar-refractivity contribution < 1.29 is 4.42 Å². The third kappa shape index (κ3) is 2.33. The molecule has 0 amide bonds. The van der Waals surface area contributed by atoms with Crippen molar-refractivity contribution in [3.63, 3.8) is 0 Å². The quantitative estimate of drug-likeness (QED) is 0.827. The fourth-order valence-electron chi connectivity index (χ4n) is 1.33. The summed E-state index contributed by atoms with van der Waals surface area (Å²) in [5.41, 5.74) is 7.37. The number of para-hydroxylation sites is 2. The van der Waals surface area contributed by atoms with Gasteiger partial charge in [0.2, 0.25) is 0 Å². The summed E-state index contributed by atoms with van der Waals surface area (Å²) < 4.78 is 5.54. The molecular weight excluding hydrogens is 202 g/mol. The van der Waals surface area contributed by atoms with Gasteiger partial charge in [-0.05, 0) is 24.1 Å². The smallest absolute Gasteiger partial charge is 0.295 e. The average molecular weight is 219 g/mol. The number of nitrogens with one attached hydrogen (secondary N) is 1. The minimum atomic E-state index is 0.0423. The number of aromatic nitrogens is 1. The molecule has 86 valence electrons. The monoisotopic (exact) mass is 219 g/mol. The standard InChI is InChI=1S/C12H17N3O/c1-12(2,7-13)8-14-11-15-9-5-3-4-6-10(9)16-11/h3-6H,7-8,13H2,1-2H3,(H,14,15). The van der Waals surface area contributed by atoms with Gasteiger partial charge in [-0.25, -0.2) is 0 Å². The number of hydrogen-bond donors (Lipinski definition) is 2. The molecule has 0 saturated carbocycles. The molecule has 1 heterocycles. The average Bonchev–Trinajstić information content (AvgIpc) is 2.69. The lowest BCUT2D eigenvalue weighted by Gasteiger charge is -2.21. The SMILES string of the molecule is CC(C)(CN)CNc1nc2ccccc2o1. The summed E-state index contributed by atoms with van der Waals surface area (Å²) in [7, 11) is 0. The van der Waals surface area contributed by atoms with Crippen LogP contribution in [0.3, 0.4) is 0 Å². The molecule has 0 unspecified atom stereocenters. The second kappa shape index (κ2) is 4.14. The third-order valence-corrected chi connectivity index (χ3v) is 2.56. The summed E-state index contributed by atoms with van der Waals surface area (Å²) in [6.07, 6.45) is 0. The Hall–Kier alpha value is -1.55. The van der Waals surface area contributed by atoms with E-state index in [0.717, 1.165) is 17.6 Å². The van der Waals surface area contributed by atoms with E-state index in [0.29, 0.717) is 12.6 Å². The lowest BCUT2D eigenvalue weighted by Crippen LogP contribution is -2.31. The van der Waals surface area contributed by atoms with Gasteiger partial charge in [-0.3, -0.25) is 0 Å². The van der Waals surface area contributed by atoms with Gasteiger partial charge >= 0.3 is 0 Å². The first kappa shape index (κ1) is 11.0. The van der Waals surface area contributed by atoms with Crippen LogP contribution in [-0.4, -0.2) is 18.1 Å². The number of anilines is 1. The maximum atomic E-state index is 5.65. The van der Waals surface area contributed by atoms with E-state index in [9.17, 15) is 0 Å². The molecule has 4 heteroatoms. The maximum Gasteiger partial charge on any atom is 0.295 e. The van der Waals surface area contributed by atoms with Crippen LogP contribution >= 0.6 is 0 Å². The molecule has 0 aliphatic carbocycles. The van der Waals surface area contributed by atoms with Gasteiger partial charge in [0.05, 0.1) is 0 Å². The molecule has 0 bridgehead atoms. The van der Waals surface area contributed by atoms with E-state index >= 15 is 0 Å². The molecule has 0 aliphatic heterocycles. The van der Waals surface area contributed by atoms with E-state index < -0.39 is 0 Å². The number of oxazole rings is 1. The fourth-order valence-corrected chi connectivity index (χ4v) is 1.33. The number of nitrogens with zero attached hydrogens (tertiary/aromatic N) is 1. The Bertz CT molecular complexity index is 443. The van der Waals surface area contributed by atoms with Gasteiger partial charge in [0.25, 0.3) is 6.01 Å². The van der Waals surface area contributed by atoms with E-state index in [1.165, 1.54) is 0 Å². The Balaban J connectivity index is 2.10. The molecule has 16 heavy (non-hydrogen) atoms. The lowest BCUT2D eigenvalue weighted by atomic mass is 9.94. The highest BCUT2D eigenvalue weighted by molar-refractivity contribution is 5.74. The summed E-state index contributed by atoms with van der Waals surface area (Å²) in [6, 6.07) is 8.27. The second-order valence-corrected chi connectivity index (χ2v) is 4.71. The molecule has 0 spiro atoms. The summed E-state index contributed by atoms with van der Waals surface area (Å²) in [5.74, 6) is 0. The zero-order valence-electron chi connectivity index (χ0n) is 9.66. The number of benzene rings is 1. The van der Waals surface area contributed by atoms with Crippen LogP contribution in [0.25, 0.3) is 11.1 Å². The molecule has 4 nitrogen and oxygen atoms in total. The molecule has 2 aromatic rings. The van der Waals surface area contributed by atoms with Crippen LogP contribution in [0.1, 0.15) is 13.8 Å². The predicted molar refractivity (Wildman–Crippen MR) is 65.3 cm³/mol. The van der Waals surface area contributed by atoms with Gasteiger partial charge in [0, 0.05) is 6.54 Å². The second-order valence-electron chi connectivity index (χ2n) is 4.71. The highest BCUT2D eigenvalue weighted by Crippen LogP contribution is 2.20.